The van der Waals surface area contributed by atoms with Crippen LogP contribution in [0.25, 0.3) is 22.4 Å². The number of fused-ring (bicyclic) bond motifs is 1. The van der Waals surface area contributed by atoms with Crippen LogP contribution in [0.5, 0.6) is 0 Å². The van der Waals surface area contributed by atoms with Gasteiger partial charge in [-0.2, -0.15) is 10.2 Å². The van der Waals surface area contributed by atoms with E-state index in [9.17, 15) is 9.59 Å². The summed E-state index contributed by atoms with van der Waals surface area (Å²) in [6, 6.07) is 17.7. The Kier molecular flexibility index (Phi) is 6.48. The van der Waals surface area contributed by atoms with Gasteiger partial charge in [0.25, 0.3) is 5.56 Å². The van der Waals surface area contributed by atoms with Crippen molar-refractivity contribution in [1.29, 1.82) is 0 Å². The van der Waals surface area contributed by atoms with Crippen LogP contribution in [0.3, 0.4) is 0 Å². The Hall–Kier alpha value is -4.46. The predicted molar refractivity (Wildman–Crippen MR) is 146 cm³/mol. The summed E-state index contributed by atoms with van der Waals surface area (Å²) in [4.78, 5) is 26.4. The first-order chi connectivity index (χ1) is 17.8. The van der Waals surface area contributed by atoms with Crippen molar-refractivity contribution in [3.8, 4) is 11.5 Å². The van der Waals surface area contributed by atoms with Crippen LogP contribution in [-0.2, 0) is 11.3 Å². The van der Waals surface area contributed by atoms with E-state index in [2.05, 4.69) is 22.5 Å². The largest absolute Gasteiger partial charge is 0.326 e. The third-order valence-corrected chi connectivity index (χ3v) is 6.49. The lowest BCUT2D eigenvalue weighted by atomic mass is 10.0. The van der Waals surface area contributed by atoms with Gasteiger partial charge in [-0.1, -0.05) is 35.9 Å². The maximum atomic E-state index is 13.7. The third kappa shape index (κ3) is 4.70. The molecule has 0 unspecified atom stereocenters. The second-order valence-electron chi connectivity index (χ2n) is 9.42. The van der Waals surface area contributed by atoms with Gasteiger partial charge in [0.05, 0.1) is 11.4 Å². The van der Waals surface area contributed by atoms with Gasteiger partial charge in [-0.15, -0.1) is 0 Å². The van der Waals surface area contributed by atoms with Gasteiger partial charge >= 0.3 is 0 Å². The lowest BCUT2D eigenvalue weighted by Gasteiger charge is -2.13. The van der Waals surface area contributed by atoms with Crippen LogP contribution in [0, 0.1) is 27.7 Å². The van der Waals surface area contributed by atoms with Gasteiger partial charge in [0.2, 0.25) is 5.91 Å². The molecule has 0 spiro atoms. The number of rotatable bonds is 7. The van der Waals surface area contributed by atoms with E-state index in [1.165, 1.54) is 10.2 Å². The van der Waals surface area contributed by atoms with Gasteiger partial charge in [0.15, 0.2) is 5.82 Å². The second-order valence-corrected chi connectivity index (χ2v) is 9.42. The molecule has 0 bridgehead atoms. The van der Waals surface area contributed by atoms with Crippen molar-refractivity contribution in [2.75, 3.05) is 5.32 Å². The highest BCUT2D eigenvalue weighted by Gasteiger charge is 2.21. The normalized spacial score (nSPS) is 11.2. The second kappa shape index (κ2) is 9.89. The van der Waals surface area contributed by atoms with E-state index in [1.54, 1.807) is 4.68 Å². The number of amides is 1. The number of anilines is 1. The van der Waals surface area contributed by atoms with Crippen molar-refractivity contribution in [2.24, 2.45) is 0 Å². The molecule has 5 aromatic rings. The Bertz CT molecular complexity index is 1620. The first kappa shape index (κ1) is 24.2. The molecule has 1 amide bonds. The predicted octanol–water partition coefficient (Wildman–Crippen LogP) is 5.03. The first-order valence-corrected chi connectivity index (χ1v) is 12.4. The molecule has 8 nitrogen and oxygen atoms in total. The van der Waals surface area contributed by atoms with Crippen LogP contribution in [0.2, 0.25) is 0 Å². The van der Waals surface area contributed by atoms with Crippen LogP contribution in [-0.4, -0.2) is 30.0 Å². The molecule has 0 atom stereocenters. The lowest BCUT2D eigenvalue weighted by Crippen LogP contribution is -2.25. The molecule has 0 fully saturated rings. The number of benzene rings is 2. The molecule has 0 radical (unpaired) electrons. The molecule has 0 saturated heterocycles. The van der Waals surface area contributed by atoms with E-state index in [1.807, 2.05) is 87.1 Å². The van der Waals surface area contributed by atoms with Crippen molar-refractivity contribution in [3.05, 3.63) is 99.7 Å². The number of hydrogen-bond acceptors (Lipinski definition) is 4. The molecule has 3 heterocycles. The standard InChI is InChI=1S/C29H30N6O2/c1-19-17-20(2)26(21(3)18-19)30-24(36)13-10-16-34-29(37)25-27(22(4)31-34)32-35(23-11-6-5-7-12-23)28(25)33-14-8-9-15-33/h5-9,11-12,14-15,17-18H,10,13,16H2,1-4H3,(H,30,36). The van der Waals surface area contributed by atoms with E-state index in [-0.39, 0.29) is 17.9 Å². The van der Waals surface area contributed by atoms with Gasteiger partial charge in [-0.3, -0.25) is 9.59 Å². The average molecular weight is 495 g/mol. The molecule has 1 N–H and O–H groups in total. The SMILES string of the molecule is Cc1cc(C)c(NC(=O)CCCn2nc(C)c3nn(-c4ccccc4)c(-n4cccc4)c3c2=O)c(C)c1. The fourth-order valence-corrected chi connectivity index (χ4v) is 4.85. The summed E-state index contributed by atoms with van der Waals surface area (Å²) >= 11 is 0. The Morgan fingerprint density at radius 3 is 2.27 bits per heavy atom. The van der Waals surface area contributed by atoms with E-state index in [0.717, 1.165) is 22.5 Å². The molecule has 0 aliphatic heterocycles. The molecule has 0 aliphatic carbocycles. The molecule has 0 aliphatic rings. The van der Waals surface area contributed by atoms with E-state index < -0.39 is 0 Å². The van der Waals surface area contributed by atoms with Gasteiger partial charge in [0.1, 0.15) is 10.9 Å². The number of nitrogens with one attached hydrogen (secondary N) is 1. The molecule has 8 heteroatoms. The summed E-state index contributed by atoms with van der Waals surface area (Å²) in [6.07, 6.45) is 4.56. The van der Waals surface area contributed by atoms with Gasteiger partial charge in [0, 0.05) is 31.0 Å². The minimum absolute atomic E-state index is 0.0779. The molecule has 188 valence electrons. The molecule has 3 aromatic heterocycles. The molecular weight excluding hydrogens is 464 g/mol. The maximum absolute atomic E-state index is 13.7. The summed E-state index contributed by atoms with van der Waals surface area (Å²) in [6.45, 7) is 8.22. The zero-order chi connectivity index (χ0) is 26.1. The molecule has 0 saturated carbocycles. The minimum Gasteiger partial charge on any atom is -0.326 e. The van der Waals surface area contributed by atoms with Crippen LogP contribution in [0.15, 0.2) is 71.8 Å². The lowest BCUT2D eigenvalue weighted by molar-refractivity contribution is -0.116. The van der Waals surface area contributed by atoms with Crippen molar-refractivity contribution < 1.29 is 4.79 Å². The van der Waals surface area contributed by atoms with Crippen molar-refractivity contribution >= 4 is 22.5 Å². The summed E-state index contributed by atoms with van der Waals surface area (Å²) < 4.78 is 5.13. The molecule has 37 heavy (non-hydrogen) atoms. The monoisotopic (exact) mass is 494 g/mol. The van der Waals surface area contributed by atoms with Crippen molar-refractivity contribution in [2.45, 2.75) is 47.1 Å². The van der Waals surface area contributed by atoms with Crippen LogP contribution >= 0.6 is 0 Å². The quantitative estimate of drug-likeness (QED) is 0.344. The summed E-state index contributed by atoms with van der Waals surface area (Å²) in [5.74, 6) is 0.587. The minimum atomic E-state index is -0.225. The summed E-state index contributed by atoms with van der Waals surface area (Å²) in [5, 5.41) is 12.8. The first-order valence-electron chi connectivity index (χ1n) is 12.4. The van der Waals surface area contributed by atoms with Crippen LogP contribution in [0.4, 0.5) is 5.69 Å². The number of aromatic nitrogens is 5. The fourth-order valence-electron chi connectivity index (χ4n) is 4.85. The van der Waals surface area contributed by atoms with E-state index >= 15 is 0 Å². The highest BCUT2D eigenvalue weighted by Crippen LogP contribution is 2.25. The Morgan fingerprint density at radius 1 is 0.919 bits per heavy atom. The number of nitrogens with zero attached hydrogens (tertiary/aromatic N) is 5. The van der Waals surface area contributed by atoms with Gasteiger partial charge < -0.3 is 9.88 Å². The van der Waals surface area contributed by atoms with Crippen LogP contribution < -0.4 is 10.9 Å². The van der Waals surface area contributed by atoms with E-state index in [4.69, 9.17) is 5.10 Å². The number of aryl methyl sites for hydroxylation is 5. The fraction of sp³-hybridized carbons (Fsp3) is 0.241. The highest BCUT2D eigenvalue weighted by atomic mass is 16.1. The number of carbonyl (C=O) groups excluding carboxylic acids is 1. The van der Waals surface area contributed by atoms with Crippen LogP contribution in [0.1, 0.15) is 35.2 Å². The molecule has 2 aromatic carbocycles. The number of para-hydroxylation sites is 1. The van der Waals surface area contributed by atoms with E-state index in [0.29, 0.717) is 35.4 Å². The Labute approximate surface area is 215 Å². The smallest absolute Gasteiger partial charge is 0.280 e. The van der Waals surface area contributed by atoms with Crippen molar-refractivity contribution in [3.63, 3.8) is 0 Å². The zero-order valence-electron chi connectivity index (χ0n) is 21.5. The number of carbonyl (C=O) groups is 1. The Balaban J connectivity index is 1.44. The maximum Gasteiger partial charge on any atom is 0.280 e. The number of hydrogen-bond donors (Lipinski definition) is 1. The molecule has 5 rings (SSSR count). The Morgan fingerprint density at radius 2 is 1.59 bits per heavy atom. The summed E-state index contributed by atoms with van der Waals surface area (Å²) in [5.41, 5.74) is 5.95. The van der Waals surface area contributed by atoms with Gasteiger partial charge in [-0.25, -0.2) is 9.36 Å². The topological polar surface area (TPSA) is 86.7 Å². The third-order valence-electron chi connectivity index (χ3n) is 6.49. The highest BCUT2D eigenvalue weighted by molar-refractivity contribution is 5.92. The molecular formula is C29H30N6O2. The zero-order valence-corrected chi connectivity index (χ0v) is 21.5. The summed E-state index contributed by atoms with van der Waals surface area (Å²) in [7, 11) is 0. The van der Waals surface area contributed by atoms with Crippen molar-refractivity contribution in [1.82, 2.24) is 24.1 Å². The van der Waals surface area contributed by atoms with Gasteiger partial charge in [-0.05, 0) is 69.5 Å². The average Bonchev–Trinajstić information content (AvgIpc) is 3.53.